The number of hydrogen-bond donors (Lipinski definition) is 0. The first-order valence-electron chi connectivity index (χ1n) is 9.10. The number of hydrogen-bond acceptors (Lipinski definition) is 5. The summed E-state index contributed by atoms with van der Waals surface area (Å²) in [5.41, 5.74) is 1.06. The Morgan fingerprint density at radius 3 is 1.93 bits per heavy atom. The number of imide groups is 1. The van der Waals surface area contributed by atoms with E-state index in [0.29, 0.717) is 36.6 Å². The molecule has 0 atom stereocenters. The van der Waals surface area contributed by atoms with Crippen molar-refractivity contribution in [2.45, 2.75) is 12.8 Å². The number of benzene rings is 2. The molecule has 2 aliphatic rings. The minimum Gasteiger partial charge on any atom is -0.339 e. The number of rotatable bonds is 3. The second-order valence-corrected chi connectivity index (χ2v) is 6.79. The van der Waals surface area contributed by atoms with Gasteiger partial charge in [0.2, 0.25) is 0 Å². The van der Waals surface area contributed by atoms with E-state index in [0.717, 1.165) is 0 Å². The molecule has 142 valence electrons. The van der Waals surface area contributed by atoms with Crippen molar-refractivity contribution < 1.29 is 24.0 Å². The van der Waals surface area contributed by atoms with E-state index in [1.54, 1.807) is 41.3 Å². The highest BCUT2D eigenvalue weighted by molar-refractivity contribution is 6.20. The van der Waals surface area contributed by atoms with Gasteiger partial charge in [-0.1, -0.05) is 35.4 Å². The van der Waals surface area contributed by atoms with Crippen LogP contribution in [-0.2, 0) is 9.63 Å². The van der Waals surface area contributed by atoms with Crippen LogP contribution in [0.5, 0.6) is 0 Å². The Kier molecular flexibility index (Phi) is 4.65. The first-order chi connectivity index (χ1) is 13.6. The molecule has 4 rings (SSSR count). The lowest BCUT2D eigenvalue weighted by atomic mass is 9.96. The quantitative estimate of drug-likeness (QED) is 0.765. The Labute approximate surface area is 161 Å². The number of hydroxylamine groups is 2. The molecule has 1 fully saturated rings. The Morgan fingerprint density at radius 1 is 0.821 bits per heavy atom. The van der Waals surface area contributed by atoms with Crippen LogP contribution >= 0.6 is 0 Å². The van der Waals surface area contributed by atoms with Crippen molar-refractivity contribution in [1.82, 2.24) is 9.96 Å². The normalized spacial score (nSPS) is 16.9. The van der Waals surface area contributed by atoms with Gasteiger partial charge in [0.1, 0.15) is 0 Å². The van der Waals surface area contributed by atoms with Crippen molar-refractivity contribution in [3.8, 4) is 0 Å². The molecule has 2 aliphatic heterocycles. The van der Waals surface area contributed by atoms with Crippen LogP contribution in [0.2, 0.25) is 0 Å². The number of piperidine rings is 1. The highest BCUT2D eigenvalue weighted by atomic mass is 16.7. The topological polar surface area (TPSA) is 84.0 Å². The average molecular weight is 378 g/mol. The lowest BCUT2D eigenvalue weighted by Gasteiger charge is -2.31. The molecular weight excluding hydrogens is 360 g/mol. The van der Waals surface area contributed by atoms with Gasteiger partial charge in [-0.2, -0.15) is 0 Å². The van der Waals surface area contributed by atoms with Crippen molar-refractivity contribution in [3.63, 3.8) is 0 Å². The zero-order chi connectivity index (χ0) is 19.7. The van der Waals surface area contributed by atoms with Crippen molar-refractivity contribution in [3.05, 3.63) is 71.3 Å². The van der Waals surface area contributed by atoms with Crippen molar-refractivity contribution in [2.75, 3.05) is 13.1 Å². The van der Waals surface area contributed by atoms with E-state index in [2.05, 4.69) is 0 Å². The summed E-state index contributed by atoms with van der Waals surface area (Å²) in [7, 11) is 0. The van der Waals surface area contributed by atoms with E-state index >= 15 is 0 Å². The first-order valence-corrected chi connectivity index (χ1v) is 9.10. The second-order valence-electron chi connectivity index (χ2n) is 6.79. The molecule has 0 aliphatic carbocycles. The van der Waals surface area contributed by atoms with E-state index in [1.807, 2.05) is 6.07 Å². The third-order valence-corrected chi connectivity index (χ3v) is 5.07. The maximum Gasteiger partial charge on any atom is 0.336 e. The minimum absolute atomic E-state index is 0.0761. The van der Waals surface area contributed by atoms with Crippen LogP contribution in [-0.4, -0.2) is 46.7 Å². The van der Waals surface area contributed by atoms with Crippen LogP contribution in [0.25, 0.3) is 0 Å². The molecule has 7 heteroatoms. The molecule has 0 unspecified atom stereocenters. The van der Waals surface area contributed by atoms with Crippen LogP contribution in [0.1, 0.15) is 43.9 Å². The zero-order valence-electron chi connectivity index (χ0n) is 15.0. The van der Waals surface area contributed by atoms with Gasteiger partial charge in [0.15, 0.2) is 0 Å². The minimum atomic E-state index is -0.634. The highest BCUT2D eigenvalue weighted by Gasteiger charge is 2.40. The summed E-state index contributed by atoms with van der Waals surface area (Å²) in [5.74, 6) is -2.44. The molecule has 7 nitrogen and oxygen atoms in total. The molecule has 0 saturated carbocycles. The van der Waals surface area contributed by atoms with Gasteiger partial charge in [-0.25, -0.2) is 4.79 Å². The second kappa shape index (κ2) is 7.26. The molecule has 0 N–H and O–H groups in total. The predicted octanol–water partition coefficient (Wildman–Crippen LogP) is 2.29. The summed E-state index contributed by atoms with van der Waals surface area (Å²) in [4.78, 5) is 56.4. The number of carbonyl (C=O) groups excluding carboxylic acids is 4. The molecule has 0 bridgehead atoms. The van der Waals surface area contributed by atoms with Gasteiger partial charge in [0.05, 0.1) is 17.0 Å². The Balaban J connectivity index is 1.36. The van der Waals surface area contributed by atoms with E-state index in [4.69, 9.17) is 4.84 Å². The molecule has 0 aromatic heterocycles. The van der Waals surface area contributed by atoms with Gasteiger partial charge < -0.3 is 9.74 Å². The standard InChI is InChI=1S/C21H18N2O5/c24-18(14-6-2-1-3-7-14)22-12-10-15(11-13-22)21(27)28-23-19(25)16-8-4-5-9-17(16)20(23)26/h1-9,15H,10-13H2. The maximum absolute atomic E-state index is 12.5. The van der Waals surface area contributed by atoms with Gasteiger partial charge in [-0.15, -0.1) is 0 Å². The average Bonchev–Trinajstić information content (AvgIpc) is 2.99. The molecule has 3 amide bonds. The van der Waals surface area contributed by atoms with Gasteiger partial charge in [0.25, 0.3) is 17.7 Å². The Hall–Kier alpha value is -3.48. The number of likely N-dealkylation sites (tertiary alicyclic amines) is 1. The predicted molar refractivity (Wildman–Crippen MR) is 98.1 cm³/mol. The summed E-state index contributed by atoms with van der Waals surface area (Å²) in [6.07, 6.45) is 0.834. The number of amides is 3. The van der Waals surface area contributed by atoms with Crippen molar-refractivity contribution in [2.24, 2.45) is 5.92 Å². The lowest BCUT2D eigenvalue weighted by Crippen LogP contribution is -2.42. The van der Waals surface area contributed by atoms with Crippen LogP contribution in [0.15, 0.2) is 54.6 Å². The van der Waals surface area contributed by atoms with Crippen molar-refractivity contribution in [1.29, 1.82) is 0 Å². The summed E-state index contributed by atoms with van der Waals surface area (Å²) >= 11 is 0. The van der Waals surface area contributed by atoms with Crippen molar-refractivity contribution >= 4 is 23.7 Å². The molecule has 0 radical (unpaired) electrons. The van der Waals surface area contributed by atoms with Crippen LogP contribution < -0.4 is 0 Å². The lowest BCUT2D eigenvalue weighted by molar-refractivity contribution is -0.175. The smallest absolute Gasteiger partial charge is 0.336 e. The third-order valence-electron chi connectivity index (χ3n) is 5.07. The van der Waals surface area contributed by atoms with E-state index in [-0.39, 0.29) is 17.0 Å². The number of carbonyl (C=O) groups is 4. The van der Waals surface area contributed by atoms with E-state index < -0.39 is 23.7 Å². The fourth-order valence-electron chi connectivity index (χ4n) is 3.50. The van der Waals surface area contributed by atoms with Gasteiger partial charge in [0, 0.05) is 18.7 Å². The van der Waals surface area contributed by atoms with Gasteiger partial charge in [-0.3, -0.25) is 14.4 Å². The zero-order valence-corrected chi connectivity index (χ0v) is 15.0. The van der Waals surface area contributed by atoms with E-state index in [9.17, 15) is 19.2 Å². The number of fused-ring (bicyclic) bond motifs is 1. The highest BCUT2D eigenvalue weighted by Crippen LogP contribution is 2.25. The largest absolute Gasteiger partial charge is 0.339 e. The molecule has 0 spiro atoms. The fourth-order valence-corrected chi connectivity index (χ4v) is 3.50. The molecule has 28 heavy (non-hydrogen) atoms. The van der Waals surface area contributed by atoms with Gasteiger partial charge in [-0.05, 0) is 37.1 Å². The van der Waals surface area contributed by atoms with Gasteiger partial charge >= 0.3 is 5.97 Å². The maximum atomic E-state index is 12.5. The van der Waals surface area contributed by atoms with Crippen LogP contribution in [0, 0.1) is 5.92 Å². The molecular formula is C21H18N2O5. The molecule has 2 aromatic rings. The Bertz CT molecular complexity index is 913. The molecule has 2 heterocycles. The summed E-state index contributed by atoms with van der Waals surface area (Å²) in [6.45, 7) is 0.825. The monoisotopic (exact) mass is 378 g/mol. The van der Waals surface area contributed by atoms with Crippen LogP contribution in [0.3, 0.4) is 0 Å². The SMILES string of the molecule is O=C(ON1C(=O)c2ccccc2C1=O)C1CCN(C(=O)c2ccccc2)CC1. The molecule has 2 aromatic carbocycles. The fraction of sp³-hybridized carbons (Fsp3) is 0.238. The third kappa shape index (κ3) is 3.15. The van der Waals surface area contributed by atoms with Crippen LogP contribution in [0.4, 0.5) is 0 Å². The summed E-state index contributed by atoms with van der Waals surface area (Å²) < 4.78 is 0. The van der Waals surface area contributed by atoms with E-state index in [1.165, 1.54) is 12.1 Å². The first kappa shape index (κ1) is 17.9. The summed E-state index contributed by atoms with van der Waals surface area (Å²) in [6, 6.07) is 15.3. The Morgan fingerprint density at radius 2 is 1.36 bits per heavy atom. The molecule has 1 saturated heterocycles. The summed E-state index contributed by atoms with van der Waals surface area (Å²) in [5, 5.41) is 0.536. The number of nitrogens with zero attached hydrogens (tertiary/aromatic N) is 2.